The molecule has 1 aliphatic carbocycles. The minimum atomic E-state index is -0.333. The van der Waals surface area contributed by atoms with Gasteiger partial charge in [0.1, 0.15) is 5.75 Å². The zero-order chi connectivity index (χ0) is 17.8. The summed E-state index contributed by atoms with van der Waals surface area (Å²) < 4.78 is 5.52. The van der Waals surface area contributed by atoms with Crippen LogP contribution in [0.25, 0.3) is 0 Å². The molecule has 1 fully saturated rings. The predicted molar refractivity (Wildman–Crippen MR) is 101 cm³/mol. The van der Waals surface area contributed by atoms with E-state index in [9.17, 15) is 4.79 Å². The van der Waals surface area contributed by atoms with Crippen LogP contribution in [0.3, 0.4) is 0 Å². The van der Waals surface area contributed by atoms with Crippen LogP contribution < -0.4 is 15.0 Å². The summed E-state index contributed by atoms with van der Waals surface area (Å²) in [4.78, 5) is 18.9. The Kier molecular flexibility index (Phi) is 5.04. The number of fused-ring (bicyclic) bond motifs is 1. The molecule has 0 spiro atoms. The molecule has 1 aromatic heterocycles. The summed E-state index contributed by atoms with van der Waals surface area (Å²) in [6, 6.07) is 12.2. The summed E-state index contributed by atoms with van der Waals surface area (Å²) >= 11 is 0. The van der Waals surface area contributed by atoms with Gasteiger partial charge in [0, 0.05) is 24.5 Å². The first-order chi connectivity index (χ1) is 12.8. The highest BCUT2D eigenvalue weighted by molar-refractivity contribution is 5.71. The van der Waals surface area contributed by atoms with Gasteiger partial charge < -0.3 is 15.0 Å². The van der Waals surface area contributed by atoms with Crippen LogP contribution in [0.4, 0.5) is 10.5 Å². The number of pyridine rings is 1. The van der Waals surface area contributed by atoms with Gasteiger partial charge in [-0.05, 0) is 55.2 Å². The number of anilines is 1. The number of carbonyl (C=O) groups is 1. The van der Waals surface area contributed by atoms with Gasteiger partial charge in [-0.15, -0.1) is 0 Å². The Morgan fingerprint density at radius 1 is 1.19 bits per heavy atom. The molecule has 0 atom stereocenters. The highest BCUT2D eigenvalue weighted by Crippen LogP contribution is 2.32. The monoisotopic (exact) mass is 351 g/mol. The van der Waals surface area contributed by atoms with Gasteiger partial charge in [0.2, 0.25) is 0 Å². The van der Waals surface area contributed by atoms with E-state index in [4.69, 9.17) is 4.74 Å². The van der Waals surface area contributed by atoms with E-state index in [2.05, 4.69) is 21.3 Å². The van der Waals surface area contributed by atoms with Gasteiger partial charge in [-0.25, -0.2) is 4.79 Å². The third-order valence-corrected chi connectivity index (χ3v) is 5.26. The fraction of sp³-hybridized carbons (Fsp3) is 0.429. The van der Waals surface area contributed by atoms with Crippen LogP contribution in [0, 0.1) is 0 Å². The van der Waals surface area contributed by atoms with Gasteiger partial charge in [-0.3, -0.25) is 4.98 Å². The standard InChI is InChI=1S/C21H25N3O2/c25-21(23-17-6-2-1-3-7-17)26-19-9-10-20-16(14-19)11-13-24(20)15-18-8-4-5-12-22-18/h4-5,8-10,12,14,17H,1-3,6-7,11,13,15H2,(H,23,25). The number of ether oxygens (including phenoxy) is 1. The summed E-state index contributed by atoms with van der Waals surface area (Å²) in [5.41, 5.74) is 3.49. The van der Waals surface area contributed by atoms with E-state index >= 15 is 0 Å². The minimum Gasteiger partial charge on any atom is -0.410 e. The lowest BCUT2D eigenvalue weighted by molar-refractivity contribution is 0.192. The SMILES string of the molecule is O=C(NC1CCCCC1)Oc1ccc2c(c1)CCN2Cc1ccccn1. The van der Waals surface area contributed by atoms with E-state index in [1.807, 2.05) is 36.5 Å². The molecule has 2 aliphatic rings. The number of carbonyl (C=O) groups excluding carboxylic acids is 1. The predicted octanol–water partition coefficient (Wildman–Crippen LogP) is 4.07. The molecule has 1 amide bonds. The van der Waals surface area contributed by atoms with Gasteiger partial charge in [-0.1, -0.05) is 25.3 Å². The fourth-order valence-electron chi connectivity index (χ4n) is 3.91. The molecule has 2 heterocycles. The van der Waals surface area contributed by atoms with Crippen LogP contribution in [0.1, 0.15) is 43.4 Å². The number of hydrogen-bond acceptors (Lipinski definition) is 4. The van der Waals surface area contributed by atoms with Gasteiger partial charge in [-0.2, -0.15) is 0 Å². The molecule has 1 aromatic carbocycles. The third-order valence-electron chi connectivity index (χ3n) is 5.26. The van der Waals surface area contributed by atoms with Gasteiger partial charge >= 0.3 is 6.09 Å². The van der Waals surface area contributed by atoms with Crippen molar-refractivity contribution in [2.24, 2.45) is 0 Å². The van der Waals surface area contributed by atoms with Crippen LogP contribution in [0.15, 0.2) is 42.6 Å². The minimum absolute atomic E-state index is 0.263. The molecule has 136 valence electrons. The summed E-state index contributed by atoms with van der Waals surface area (Å²) in [5.74, 6) is 0.622. The van der Waals surface area contributed by atoms with Crippen molar-refractivity contribution in [2.45, 2.75) is 51.1 Å². The van der Waals surface area contributed by atoms with Crippen molar-refractivity contribution in [3.05, 3.63) is 53.9 Å². The first-order valence-electron chi connectivity index (χ1n) is 9.54. The van der Waals surface area contributed by atoms with Gasteiger partial charge in [0.25, 0.3) is 0 Å². The van der Waals surface area contributed by atoms with Crippen LogP contribution in [0.5, 0.6) is 5.75 Å². The summed E-state index contributed by atoms with van der Waals surface area (Å²) in [5, 5.41) is 3.00. The normalized spacial score (nSPS) is 17.0. The lowest BCUT2D eigenvalue weighted by Gasteiger charge is -2.22. The molecule has 5 heteroatoms. The maximum absolute atomic E-state index is 12.1. The van der Waals surface area contributed by atoms with Crippen molar-refractivity contribution in [1.82, 2.24) is 10.3 Å². The number of aromatic nitrogens is 1. The van der Waals surface area contributed by atoms with Crippen molar-refractivity contribution in [3.8, 4) is 5.75 Å². The molecule has 4 rings (SSSR count). The lowest BCUT2D eigenvalue weighted by atomic mass is 9.96. The molecular formula is C21H25N3O2. The summed E-state index contributed by atoms with van der Waals surface area (Å²) in [6.07, 6.45) is 8.22. The topological polar surface area (TPSA) is 54.5 Å². The zero-order valence-electron chi connectivity index (χ0n) is 15.0. The Morgan fingerprint density at radius 2 is 2.08 bits per heavy atom. The molecule has 2 aromatic rings. The Hall–Kier alpha value is -2.56. The van der Waals surface area contributed by atoms with Crippen molar-refractivity contribution >= 4 is 11.8 Å². The van der Waals surface area contributed by atoms with Crippen LogP contribution >= 0.6 is 0 Å². The molecule has 0 saturated heterocycles. The van der Waals surface area contributed by atoms with Gasteiger partial charge in [0.05, 0.1) is 12.2 Å². The van der Waals surface area contributed by atoms with Crippen LogP contribution in [-0.4, -0.2) is 23.7 Å². The second-order valence-electron chi connectivity index (χ2n) is 7.15. The maximum Gasteiger partial charge on any atom is 0.412 e. The Labute approximate surface area is 154 Å². The molecule has 1 saturated carbocycles. The van der Waals surface area contributed by atoms with Gasteiger partial charge in [0.15, 0.2) is 0 Å². The molecule has 0 unspecified atom stereocenters. The maximum atomic E-state index is 12.1. The van der Waals surface area contributed by atoms with Crippen molar-refractivity contribution < 1.29 is 9.53 Å². The average Bonchev–Trinajstić information content (AvgIpc) is 3.05. The quantitative estimate of drug-likeness (QED) is 0.902. The molecule has 26 heavy (non-hydrogen) atoms. The third kappa shape index (κ3) is 3.98. The van der Waals surface area contributed by atoms with Crippen molar-refractivity contribution in [1.29, 1.82) is 0 Å². The van der Waals surface area contributed by atoms with E-state index in [0.717, 1.165) is 38.0 Å². The van der Waals surface area contributed by atoms with E-state index < -0.39 is 0 Å². The van der Waals surface area contributed by atoms with E-state index in [0.29, 0.717) is 5.75 Å². The number of rotatable bonds is 4. The van der Waals surface area contributed by atoms with Crippen molar-refractivity contribution in [3.63, 3.8) is 0 Å². The fourth-order valence-corrected chi connectivity index (χ4v) is 3.91. The second kappa shape index (κ2) is 7.77. The molecule has 5 nitrogen and oxygen atoms in total. The summed E-state index contributed by atoms with van der Waals surface area (Å²) in [6.45, 7) is 1.76. The largest absolute Gasteiger partial charge is 0.412 e. The molecular weight excluding hydrogens is 326 g/mol. The highest BCUT2D eigenvalue weighted by atomic mass is 16.6. The Bertz CT molecular complexity index is 757. The first-order valence-corrected chi connectivity index (χ1v) is 9.54. The number of nitrogens with one attached hydrogen (secondary N) is 1. The van der Waals surface area contributed by atoms with E-state index in [1.54, 1.807) is 0 Å². The Morgan fingerprint density at radius 3 is 2.88 bits per heavy atom. The number of nitrogens with zero attached hydrogens (tertiary/aromatic N) is 2. The van der Waals surface area contributed by atoms with Crippen LogP contribution in [0.2, 0.25) is 0 Å². The number of benzene rings is 1. The Balaban J connectivity index is 1.37. The van der Waals surface area contributed by atoms with E-state index in [-0.39, 0.29) is 12.1 Å². The van der Waals surface area contributed by atoms with Crippen LogP contribution in [-0.2, 0) is 13.0 Å². The molecule has 1 aliphatic heterocycles. The molecule has 0 bridgehead atoms. The average molecular weight is 351 g/mol. The number of hydrogen-bond donors (Lipinski definition) is 1. The zero-order valence-corrected chi connectivity index (χ0v) is 15.0. The smallest absolute Gasteiger partial charge is 0.410 e. The molecule has 1 N–H and O–H groups in total. The second-order valence-corrected chi connectivity index (χ2v) is 7.15. The first kappa shape index (κ1) is 16.9. The van der Waals surface area contributed by atoms with Crippen molar-refractivity contribution in [2.75, 3.05) is 11.4 Å². The lowest BCUT2D eigenvalue weighted by Crippen LogP contribution is -2.38. The number of amides is 1. The summed E-state index contributed by atoms with van der Waals surface area (Å²) in [7, 11) is 0. The van der Waals surface area contributed by atoms with E-state index in [1.165, 1.54) is 30.5 Å². The molecule has 0 radical (unpaired) electrons. The highest BCUT2D eigenvalue weighted by Gasteiger charge is 2.21.